The van der Waals surface area contributed by atoms with E-state index >= 15 is 0 Å². The molecule has 3 heterocycles. The molecule has 2 aromatic rings. The molecule has 0 unspecified atom stereocenters. The summed E-state index contributed by atoms with van der Waals surface area (Å²) < 4.78 is 43.9. The average molecular weight is 444 g/mol. The largest absolute Gasteiger partial charge is 0.420 e. The standard InChI is InChI=1S/C13H11BrClF3N4OS/c1-24-20-7-4-21(5-7)12(23)9-10(15)22-3-6(14)2-8(11(22)19-9)13(16,17)18/h2-3,7,20H,4-5H2,1H3. The predicted molar refractivity (Wildman–Crippen MR) is 89.2 cm³/mol. The molecule has 0 bridgehead atoms. The van der Waals surface area contributed by atoms with E-state index in [0.29, 0.717) is 13.1 Å². The number of nitrogens with one attached hydrogen (secondary N) is 1. The number of halogens is 5. The molecule has 2 aromatic heterocycles. The Labute approximate surface area is 152 Å². The summed E-state index contributed by atoms with van der Waals surface area (Å²) >= 11 is 10.6. The van der Waals surface area contributed by atoms with Crippen LogP contribution in [0.3, 0.4) is 0 Å². The molecule has 1 saturated heterocycles. The number of pyridine rings is 1. The molecular formula is C13H11BrClF3N4OS. The summed E-state index contributed by atoms with van der Waals surface area (Å²) in [7, 11) is 0. The van der Waals surface area contributed by atoms with Gasteiger partial charge in [-0.2, -0.15) is 13.2 Å². The second kappa shape index (κ2) is 6.40. The highest BCUT2D eigenvalue weighted by atomic mass is 79.9. The van der Waals surface area contributed by atoms with Gasteiger partial charge in [0.15, 0.2) is 11.3 Å². The van der Waals surface area contributed by atoms with Crippen LogP contribution < -0.4 is 4.72 Å². The molecule has 0 aliphatic carbocycles. The Balaban J connectivity index is 1.99. The third kappa shape index (κ3) is 3.12. The molecule has 24 heavy (non-hydrogen) atoms. The van der Waals surface area contributed by atoms with Crippen molar-refractivity contribution in [1.82, 2.24) is 19.0 Å². The zero-order chi connectivity index (χ0) is 17.6. The van der Waals surface area contributed by atoms with E-state index in [1.165, 1.54) is 23.0 Å². The molecule has 0 saturated carbocycles. The highest BCUT2D eigenvalue weighted by Crippen LogP contribution is 2.36. The smallest absolute Gasteiger partial charge is 0.334 e. The van der Waals surface area contributed by atoms with E-state index in [4.69, 9.17) is 11.6 Å². The average Bonchev–Trinajstić information content (AvgIpc) is 2.77. The maximum atomic E-state index is 13.2. The first-order valence-corrected chi connectivity index (χ1v) is 9.14. The van der Waals surface area contributed by atoms with E-state index in [-0.39, 0.29) is 21.4 Å². The lowest BCUT2D eigenvalue weighted by atomic mass is 10.1. The van der Waals surface area contributed by atoms with Crippen molar-refractivity contribution < 1.29 is 18.0 Å². The summed E-state index contributed by atoms with van der Waals surface area (Å²) in [4.78, 5) is 17.8. The first-order valence-electron chi connectivity index (χ1n) is 6.74. The monoisotopic (exact) mass is 442 g/mol. The van der Waals surface area contributed by atoms with Gasteiger partial charge in [0.1, 0.15) is 5.15 Å². The Morgan fingerprint density at radius 2 is 2.17 bits per heavy atom. The van der Waals surface area contributed by atoms with Crippen LogP contribution in [0.2, 0.25) is 5.15 Å². The Hall–Kier alpha value is -0.970. The van der Waals surface area contributed by atoms with Crippen LogP contribution in [0.15, 0.2) is 16.7 Å². The lowest BCUT2D eigenvalue weighted by Crippen LogP contribution is -2.58. The van der Waals surface area contributed by atoms with E-state index in [1.54, 1.807) is 0 Å². The molecule has 0 aromatic carbocycles. The van der Waals surface area contributed by atoms with Crippen LogP contribution in [0.4, 0.5) is 13.2 Å². The van der Waals surface area contributed by atoms with Crippen molar-refractivity contribution in [3.8, 4) is 0 Å². The summed E-state index contributed by atoms with van der Waals surface area (Å²) in [6.45, 7) is 0.916. The second-order valence-electron chi connectivity index (χ2n) is 5.24. The SMILES string of the molecule is CSNC1CN(C(=O)c2nc3c(C(F)(F)F)cc(Br)cn3c2Cl)C1. The molecule has 0 spiro atoms. The molecule has 0 radical (unpaired) electrons. The minimum Gasteiger partial charge on any atom is -0.334 e. The zero-order valence-corrected chi connectivity index (χ0v) is 15.4. The lowest BCUT2D eigenvalue weighted by Gasteiger charge is -2.38. The number of alkyl halides is 3. The quantitative estimate of drug-likeness (QED) is 0.738. The van der Waals surface area contributed by atoms with Gasteiger partial charge in [-0.3, -0.25) is 13.9 Å². The van der Waals surface area contributed by atoms with E-state index < -0.39 is 23.3 Å². The van der Waals surface area contributed by atoms with Gasteiger partial charge in [-0.25, -0.2) is 4.98 Å². The van der Waals surface area contributed by atoms with Gasteiger partial charge in [-0.05, 0) is 28.3 Å². The van der Waals surface area contributed by atoms with Gasteiger partial charge in [-0.15, -0.1) is 0 Å². The third-order valence-electron chi connectivity index (χ3n) is 3.59. The summed E-state index contributed by atoms with van der Waals surface area (Å²) in [5, 5.41) is -0.136. The third-order valence-corrected chi connectivity index (χ3v) is 4.95. The van der Waals surface area contributed by atoms with Crippen LogP contribution in [0.5, 0.6) is 0 Å². The van der Waals surface area contributed by atoms with E-state index in [1.807, 2.05) is 6.26 Å². The van der Waals surface area contributed by atoms with Crippen LogP contribution in [-0.2, 0) is 6.18 Å². The Morgan fingerprint density at radius 1 is 1.50 bits per heavy atom. The fourth-order valence-corrected chi connectivity index (χ4v) is 3.63. The highest BCUT2D eigenvalue weighted by molar-refractivity contribution is 9.10. The maximum Gasteiger partial charge on any atom is 0.420 e. The topological polar surface area (TPSA) is 49.6 Å². The number of amides is 1. The molecule has 11 heteroatoms. The van der Waals surface area contributed by atoms with Crippen molar-refractivity contribution in [2.45, 2.75) is 12.2 Å². The summed E-state index contributed by atoms with van der Waals surface area (Å²) in [5.74, 6) is -0.480. The van der Waals surface area contributed by atoms with Crippen molar-refractivity contribution in [2.75, 3.05) is 19.3 Å². The highest BCUT2D eigenvalue weighted by Gasteiger charge is 2.37. The number of aromatic nitrogens is 2. The molecule has 3 rings (SSSR count). The molecule has 1 amide bonds. The first-order chi connectivity index (χ1) is 11.2. The molecular weight excluding hydrogens is 433 g/mol. The molecule has 1 aliphatic heterocycles. The minimum atomic E-state index is -4.61. The van der Waals surface area contributed by atoms with Gasteiger partial charge >= 0.3 is 6.18 Å². The van der Waals surface area contributed by atoms with Crippen LogP contribution in [0.25, 0.3) is 5.65 Å². The number of likely N-dealkylation sites (tertiary alicyclic amines) is 1. The van der Waals surface area contributed by atoms with E-state index in [0.717, 1.165) is 10.5 Å². The van der Waals surface area contributed by atoms with Gasteiger partial charge in [0.25, 0.3) is 5.91 Å². The molecule has 1 N–H and O–H groups in total. The summed E-state index contributed by atoms with van der Waals surface area (Å²) in [6, 6.07) is 1.06. The normalized spacial score (nSPS) is 15.8. The summed E-state index contributed by atoms with van der Waals surface area (Å²) in [5.41, 5.74) is -1.52. The van der Waals surface area contributed by atoms with Crippen LogP contribution in [-0.4, -0.2) is 45.6 Å². The Kier molecular flexibility index (Phi) is 4.75. The second-order valence-corrected chi connectivity index (χ2v) is 7.16. The fraction of sp³-hybridized carbons (Fsp3) is 0.385. The number of fused-ring (bicyclic) bond motifs is 1. The molecule has 130 valence electrons. The number of nitrogens with zero attached hydrogens (tertiary/aromatic N) is 3. The summed E-state index contributed by atoms with van der Waals surface area (Å²) in [6.07, 6.45) is -1.38. The van der Waals surface area contributed by atoms with Gasteiger partial charge in [-0.1, -0.05) is 23.5 Å². The number of carbonyl (C=O) groups is 1. The first kappa shape index (κ1) is 17.8. The van der Waals surface area contributed by atoms with E-state index in [9.17, 15) is 18.0 Å². The molecule has 0 atom stereocenters. The van der Waals surface area contributed by atoms with Crippen LogP contribution in [0.1, 0.15) is 16.1 Å². The Bertz CT molecular complexity index is 807. The van der Waals surface area contributed by atoms with Crippen molar-refractivity contribution in [3.63, 3.8) is 0 Å². The van der Waals surface area contributed by atoms with Crippen molar-refractivity contribution in [3.05, 3.63) is 33.1 Å². The fourth-order valence-electron chi connectivity index (χ4n) is 2.46. The van der Waals surface area contributed by atoms with Crippen molar-refractivity contribution >= 4 is 51.0 Å². The minimum absolute atomic E-state index is 0.136. The molecule has 1 aliphatic rings. The van der Waals surface area contributed by atoms with Crippen LogP contribution in [0, 0.1) is 0 Å². The van der Waals surface area contributed by atoms with E-state index in [2.05, 4.69) is 25.6 Å². The molecule has 1 fully saturated rings. The number of hydrogen-bond acceptors (Lipinski definition) is 4. The predicted octanol–water partition coefficient (Wildman–Crippen LogP) is 3.46. The number of carbonyl (C=O) groups excluding carboxylic acids is 1. The maximum absolute atomic E-state index is 13.2. The van der Waals surface area contributed by atoms with Gasteiger partial charge in [0.05, 0.1) is 11.6 Å². The lowest BCUT2D eigenvalue weighted by molar-refractivity contribution is -0.136. The number of imidazole rings is 1. The number of rotatable bonds is 3. The van der Waals surface area contributed by atoms with Gasteiger partial charge in [0.2, 0.25) is 0 Å². The van der Waals surface area contributed by atoms with Gasteiger partial charge in [0, 0.05) is 23.8 Å². The van der Waals surface area contributed by atoms with Crippen molar-refractivity contribution in [2.24, 2.45) is 0 Å². The van der Waals surface area contributed by atoms with Crippen molar-refractivity contribution in [1.29, 1.82) is 0 Å². The molecule has 5 nitrogen and oxygen atoms in total. The van der Waals surface area contributed by atoms with Gasteiger partial charge < -0.3 is 4.90 Å². The zero-order valence-electron chi connectivity index (χ0n) is 12.2. The number of hydrogen-bond donors (Lipinski definition) is 1. The van der Waals surface area contributed by atoms with Crippen LogP contribution >= 0.6 is 39.5 Å². The Morgan fingerprint density at radius 3 is 2.75 bits per heavy atom.